The number of phosphoric ester groups is 1. The van der Waals surface area contributed by atoms with Crippen LogP contribution >= 0.6 is 20.7 Å². The Balaban J connectivity index is 2.88. The van der Waals surface area contributed by atoms with Crippen molar-refractivity contribution < 1.29 is 32.3 Å². The molecule has 0 heterocycles. The van der Waals surface area contributed by atoms with Gasteiger partial charge in [0.15, 0.2) is 0 Å². The SMILES string of the molecule is [B]OCCCC(=O)NCc1ccc([N+](=O)[O-])c(C(C)OP(=O)(O)OS)c1. The largest absolute Gasteiger partial charge is 0.483 e. The molecular formula is C13H18BN2O8PS. The lowest BCUT2D eigenvalue weighted by atomic mass is 10.0. The molecule has 13 heteroatoms. The maximum Gasteiger partial charge on any atom is 0.483 e. The van der Waals surface area contributed by atoms with E-state index in [0.29, 0.717) is 12.0 Å². The molecule has 0 aliphatic rings. The summed E-state index contributed by atoms with van der Waals surface area (Å²) in [5.74, 6) is -0.241. The van der Waals surface area contributed by atoms with Crippen molar-refractivity contribution in [2.75, 3.05) is 6.61 Å². The second-order valence-corrected chi connectivity index (χ2v) is 7.00. The van der Waals surface area contributed by atoms with Crippen LogP contribution in [0.2, 0.25) is 0 Å². The van der Waals surface area contributed by atoms with Crippen LogP contribution in [0.5, 0.6) is 0 Å². The maximum absolute atomic E-state index is 11.7. The molecule has 0 aliphatic heterocycles. The zero-order valence-corrected chi connectivity index (χ0v) is 15.7. The first-order valence-corrected chi connectivity index (χ1v) is 9.26. The molecule has 1 rings (SSSR count). The summed E-state index contributed by atoms with van der Waals surface area (Å²) in [4.78, 5) is 31.5. The minimum Gasteiger partial charge on any atom is -0.448 e. The highest BCUT2D eigenvalue weighted by Gasteiger charge is 2.28. The van der Waals surface area contributed by atoms with Crippen molar-refractivity contribution in [2.45, 2.75) is 32.4 Å². The van der Waals surface area contributed by atoms with Gasteiger partial charge in [-0.2, -0.15) is 0 Å². The zero-order valence-electron chi connectivity index (χ0n) is 13.9. The first-order valence-electron chi connectivity index (χ1n) is 7.40. The molecule has 0 spiro atoms. The molecule has 2 unspecified atom stereocenters. The van der Waals surface area contributed by atoms with E-state index in [1.165, 1.54) is 25.1 Å². The molecular weight excluding hydrogens is 386 g/mol. The molecule has 26 heavy (non-hydrogen) atoms. The van der Waals surface area contributed by atoms with E-state index >= 15 is 0 Å². The number of benzene rings is 1. The summed E-state index contributed by atoms with van der Waals surface area (Å²) in [5, 5.41) is 13.8. The quantitative estimate of drug-likeness (QED) is 0.0970. The second kappa shape index (κ2) is 10.7. The number of rotatable bonds is 11. The van der Waals surface area contributed by atoms with Crippen molar-refractivity contribution >= 4 is 40.4 Å². The van der Waals surface area contributed by atoms with E-state index in [1.54, 1.807) is 0 Å². The van der Waals surface area contributed by atoms with Crippen molar-refractivity contribution in [2.24, 2.45) is 0 Å². The molecule has 142 valence electrons. The van der Waals surface area contributed by atoms with E-state index in [-0.39, 0.29) is 36.7 Å². The number of nitro benzene ring substituents is 1. The Labute approximate surface area is 157 Å². The fraction of sp³-hybridized carbons (Fsp3) is 0.462. The minimum absolute atomic E-state index is 0.0536. The number of carbonyl (C=O) groups excluding carboxylic acids is 1. The van der Waals surface area contributed by atoms with Gasteiger partial charge in [0.2, 0.25) is 5.91 Å². The molecule has 2 atom stereocenters. The van der Waals surface area contributed by atoms with Crippen LogP contribution in [0.1, 0.15) is 37.0 Å². The topological polar surface area (TPSA) is 137 Å². The molecule has 2 N–H and O–H groups in total. The standard InChI is InChI=1S/C13H18BN2O8PS/c1-9(23-25(20,21)24-26)11-7-10(4-5-12(11)16(18)19)8-15-13(17)3-2-6-22-14/h4-5,7,9,26H,2-3,6,8H2,1H3,(H,15,17)(H,20,21). The van der Waals surface area contributed by atoms with Gasteiger partial charge in [0, 0.05) is 25.6 Å². The zero-order chi connectivity index (χ0) is 19.7. The predicted octanol–water partition coefficient (Wildman–Crippen LogP) is 2.13. The van der Waals surface area contributed by atoms with Crippen LogP contribution in [0.25, 0.3) is 0 Å². The number of nitrogens with one attached hydrogen (secondary N) is 1. The smallest absolute Gasteiger partial charge is 0.448 e. The van der Waals surface area contributed by atoms with Gasteiger partial charge >= 0.3 is 7.82 Å². The normalized spacial score (nSPS) is 14.4. The third kappa shape index (κ3) is 7.44. The third-order valence-electron chi connectivity index (χ3n) is 3.28. The lowest BCUT2D eigenvalue weighted by molar-refractivity contribution is -0.386. The Hall–Kier alpha value is -1.43. The number of hydrogen-bond acceptors (Lipinski definition) is 8. The van der Waals surface area contributed by atoms with E-state index in [0.717, 1.165) is 0 Å². The highest BCUT2D eigenvalue weighted by molar-refractivity contribution is 7.80. The molecule has 0 saturated carbocycles. The summed E-state index contributed by atoms with van der Waals surface area (Å²) in [5.41, 5.74) is 0.300. The molecule has 1 aromatic rings. The van der Waals surface area contributed by atoms with Crippen molar-refractivity contribution in [1.82, 2.24) is 5.32 Å². The molecule has 1 aromatic carbocycles. The fourth-order valence-corrected chi connectivity index (χ4v) is 2.75. The van der Waals surface area contributed by atoms with Crippen molar-refractivity contribution in [3.63, 3.8) is 0 Å². The van der Waals surface area contributed by atoms with Gasteiger partial charge in [-0.3, -0.25) is 19.4 Å². The Bertz CT molecular complexity index is 692. The number of nitro groups is 1. The first-order chi connectivity index (χ1) is 12.2. The van der Waals surface area contributed by atoms with Crippen molar-refractivity contribution in [1.29, 1.82) is 0 Å². The van der Waals surface area contributed by atoms with Gasteiger partial charge < -0.3 is 14.9 Å². The number of thiol groups is 1. The summed E-state index contributed by atoms with van der Waals surface area (Å²) in [6, 6.07) is 4.10. The van der Waals surface area contributed by atoms with E-state index in [2.05, 4.69) is 26.9 Å². The Morgan fingerprint density at radius 1 is 1.54 bits per heavy atom. The van der Waals surface area contributed by atoms with Crippen molar-refractivity contribution in [3.05, 3.63) is 39.4 Å². The average molecular weight is 404 g/mol. The highest BCUT2D eigenvalue weighted by atomic mass is 32.1. The summed E-state index contributed by atoms with van der Waals surface area (Å²) in [7, 11) is 0.410. The van der Waals surface area contributed by atoms with Gasteiger partial charge in [0.25, 0.3) is 13.7 Å². The third-order valence-corrected chi connectivity index (χ3v) is 4.68. The van der Waals surface area contributed by atoms with E-state index in [4.69, 9.17) is 12.6 Å². The molecule has 10 nitrogen and oxygen atoms in total. The molecule has 0 aromatic heterocycles. The van der Waals surface area contributed by atoms with Crippen molar-refractivity contribution in [3.8, 4) is 0 Å². The molecule has 2 radical (unpaired) electrons. The van der Waals surface area contributed by atoms with Crippen LogP contribution in [0, 0.1) is 10.1 Å². The molecule has 0 saturated heterocycles. The Kier molecular flexibility index (Phi) is 9.27. The van der Waals surface area contributed by atoms with Crippen LogP contribution in [0.15, 0.2) is 18.2 Å². The van der Waals surface area contributed by atoms with E-state index in [9.17, 15) is 24.4 Å². The minimum atomic E-state index is -4.46. The summed E-state index contributed by atoms with van der Waals surface area (Å²) in [6.45, 7) is 1.71. The average Bonchev–Trinajstić information content (AvgIpc) is 2.59. The van der Waals surface area contributed by atoms with Crippen LogP contribution < -0.4 is 5.32 Å². The highest BCUT2D eigenvalue weighted by Crippen LogP contribution is 2.49. The second-order valence-electron chi connectivity index (χ2n) is 5.20. The molecule has 0 fully saturated rings. The molecule has 0 aliphatic carbocycles. The lowest BCUT2D eigenvalue weighted by Gasteiger charge is -2.16. The summed E-state index contributed by atoms with van der Waals surface area (Å²) >= 11 is 3.23. The number of phosphoric acid groups is 1. The summed E-state index contributed by atoms with van der Waals surface area (Å²) < 4.78 is 24.7. The number of carbonyl (C=O) groups is 1. The van der Waals surface area contributed by atoms with Gasteiger partial charge in [0.1, 0.15) is 0 Å². The Morgan fingerprint density at radius 2 is 2.23 bits per heavy atom. The van der Waals surface area contributed by atoms with E-state index < -0.39 is 18.8 Å². The van der Waals surface area contributed by atoms with Gasteiger partial charge in [-0.1, -0.05) is 6.07 Å². The predicted molar refractivity (Wildman–Crippen MR) is 95.3 cm³/mol. The fourth-order valence-electron chi connectivity index (χ4n) is 2.09. The first kappa shape index (κ1) is 22.6. The molecule has 1 amide bonds. The van der Waals surface area contributed by atoms with Gasteiger partial charge in [-0.25, -0.2) is 8.54 Å². The summed E-state index contributed by atoms with van der Waals surface area (Å²) in [6.07, 6.45) is -0.465. The Morgan fingerprint density at radius 3 is 2.81 bits per heavy atom. The van der Waals surface area contributed by atoms with Crippen LogP contribution in [-0.4, -0.2) is 30.4 Å². The number of nitrogens with zero attached hydrogens (tertiary/aromatic N) is 1. The number of amides is 1. The van der Waals surface area contributed by atoms with Crippen LogP contribution in [0.4, 0.5) is 5.69 Å². The molecule has 0 bridgehead atoms. The monoisotopic (exact) mass is 404 g/mol. The van der Waals surface area contributed by atoms with Gasteiger partial charge in [0.05, 0.1) is 16.6 Å². The van der Waals surface area contributed by atoms with E-state index in [1.807, 2.05) is 0 Å². The van der Waals surface area contributed by atoms with Gasteiger partial charge in [-0.15, -0.1) is 0 Å². The van der Waals surface area contributed by atoms with Crippen LogP contribution in [-0.2, 0) is 29.1 Å². The maximum atomic E-state index is 11.7. The lowest BCUT2D eigenvalue weighted by Crippen LogP contribution is -2.23. The number of hydrogen-bond donors (Lipinski definition) is 3. The van der Waals surface area contributed by atoms with Crippen LogP contribution in [0.3, 0.4) is 0 Å². The van der Waals surface area contributed by atoms with Gasteiger partial charge in [-0.05, 0) is 37.9 Å².